The van der Waals surface area contributed by atoms with E-state index < -0.39 is 11.6 Å². The van der Waals surface area contributed by atoms with E-state index >= 15 is 0 Å². The number of ether oxygens (including phenoxy) is 1. The van der Waals surface area contributed by atoms with Crippen molar-refractivity contribution in [3.05, 3.63) is 101 Å². The van der Waals surface area contributed by atoms with Gasteiger partial charge in [0.2, 0.25) is 0 Å². The van der Waals surface area contributed by atoms with Gasteiger partial charge in [-0.05, 0) is 30.3 Å². The van der Waals surface area contributed by atoms with E-state index in [0.717, 1.165) is 11.1 Å². The molecular weight excluding hydrogens is 438 g/mol. The van der Waals surface area contributed by atoms with Crippen LogP contribution in [0.1, 0.15) is 11.1 Å². The van der Waals surface area contributed by atoms with Crippen LogP contribution in [0, 0.1) is 0 Å². The van der Waals surface area contributed by atoms with Crippen LogP contribution in [0.5, 0.6) is 5.75 Å². The zero-order valence-electron chi connectivity index (χ0n) is 18.4. The average Bonchev–Trinajstić information content (AvgIpc) is 3.06. The molecule has 7 heteroatoms. The monoisotopic (exact) mass is 463 g/mol. The van der Waals surface area contributed by atoms with Crippen molar-refractivity contribution in [1.29, 1.82) is 0 Å². The number of benzene rings is 3. The maximum absolute atomic E-state index is 13.7. The molecule has 1 atom stereocenters. The van der Waals surface area contributed by atoms with Crippen LogP contribution in [0.15, 0.2) is 84.9 Å². The number of hydrogen-bond donors (Lipinski definition) is 1. The van der Waals surface area contributed by atoms with Gasteiger partial charge < -0.3 is 10.1 Å². The van der Waals surface area contributed by atoms with E-state index in [1.807, 2.05) is 84.7 Å². The summed E-state index contributed by atoms with van der Waals surface area (Å²) in [5, 5.41) is 3.53. The number of nitrogens with one attached hydrogen (secondary N) is 1. The van der Waals surface area contributed by atoms with Crippen LogP contribution in [0.4, 0.5) is 4.79 Å². The van der Waals surface area contributed by atoms with Gasteiger partial charge in [-0.15, -0.1) is 0 Å². The maximum Gasteiger partial charge on any atom is 0.326 e. The predicted octanol–water partition coefficient (Wildman–Crippen LogP) is 4.30. The minimum absolute atomic E-state index is 0.153. The molecule has 3 aromatic rings. The number of amides is 3. The molecule has 0 aromatic heterocycles. The van der Waals surface area contributed by atoms with Crippen molar-refractivity contribution in [1.82, 2.24) is 15.1 Å². The third-order valence-electron chi connectivity index (χ3n) is 5.70. The molecular formula is C26H26ClN3O3. The Morgan fingerprint density at radius 2 is 1.58 bits per heavy atom. The Hall–Kier alpha value is -3.35. The highest BCUT2D eigenvalue weighted by molar-refractivity contribution is 6.32. The first-order valence-corrected chi connectivity index (χ1v) is 11.2. The SMILES string of the molecule is CN(CCOc1ccccc1Cl)CN1C(=O)N[C@@](Cc2ccccc2)(c2ccccc2)C1=O. The fraction of sp³-hybridized carbons (Fsp3) is 0.231. The molecule has 3 aromatic carbocycles. The maximum atomic E-state index is 13.7. The van der Waals surface area contributed by atoms with Crippen LogP contribution in [0.2, 0.25) is 5.02 Å². The van der Waals surface area contributed by atoms with Gasteiger partial charge in [0.1, 0.15) is 12.4 Å². The van der Waals surface area contributed by atoms with Crippen LogP contribution >= 0.6 is 11.6 Å². The lowest BCUT2D eigenvalue weighted by molar-refractivity contribution is -0.133. The number of para-hydroxylation sites is 1. The van der Waals surface area contributed by atoms with Crippen LogP contribution in [0.25, 0.3) is 0 Å². The minimum atomic E-state index is -1.14. The predicted molar refractivity (Wildman–Crippen MR) is 128 cm³/mol. The lowest BCUT2D eigenvalue weighted by Gasteiger charge is -2.28. The van der Waals surface area contributed by atoms with Crippen LogP contribution in [0.3, 0.4) is 0 Å². The fourth-order valence-corrected chi connectivity index (χ4v) is 4.17. The van der Waals surface area contributed by atoms with Crippen molar-refractivity contribution in [2.24, 2.45) is 0 Å². The Balaban J connectivity index is 1.47. The number of carbonyl (C=O) groups is 2. The largest absolute Gasteiger partial charge is 0.491 e. The molecule has 1 saturated heterocycles. The summed E-state index contributed by atoms with van der Waals surface area (Å²) in [5.74, 6) is 0.343. The van der Waals surface area contributed by atoms with Crippen LogP contribution < -0.4 is 10.1 Å². The van der Waals surface area contributed by atoms with E-state index in [4.69, 9.17) is 16.3 Å². The zero-order chi connectivity index (χ0) is 23.3. The summed E-state index contributed by atoms with van der Waals surface area (Å²) in [6, 6.07) is 26.0. The number of hydrogen-bond acceptors (Lipinski definition) is 4. The number of rotatable bonds is 9. The van der Waals surface area contributed by atoms with E-state index in [0.29, 0.717) is 30.3 Å². The number of imide groups is 1. The normalized spacial score (nSPS) is 18.0. The summed E-state index contributed by atoms with van der Waals surface area (Å²) >= 11 is 6.13. The fourth-order valence-electron chi connectivity index (χ4n) is 3.98. The summed E-state index contributed by atoms with van der Waals surface area (Å²) < 4.78 is 5.74. The van der Waals surface area contributed by atoms with E-state index in [1.165, 1.54) is 4.90 Å². The van der Waals surface area contributed by atoms with E-state index in [1.54, 1.807) is 12.1 Å². The molecule has 0 bridgehead atoms. The van der Waals surface area contributed by atoms with Gasteiger partial charge in [0.25, 0.3) is 5.91 Å². The highest BCUT2D eigenvalue weighted by atomic mass is 35.5. The van der Waals surface area contributed by atoms with E-state index in [-0.39, 0.29) is 12.6 Å². The molecule has 0 spiro atoms. The van der Waals surface area contributed by atoms with Crippen molar-refractivity contribution < 1.29 is 14.3 Å². The van der Waals surface area contributed by atoms with Crippen molar-refractivity contribution in [3.8, 4) is 5.75 Å². The summed E-state index contributed by atoms with van der Waals surface area (Å²) in [4.78, 5) is 29.8. The molecule has 33 heavy (non-hydrogen) atoms. The smallest absolute Gasteiger partial charge is 0.326 e. The van der Waals surface area contributed by atoms with Gasteiger partial charge in [0.15, 0.2) is 5.54 Å². The molecule has 1 heterocycles. The van der Waals surface area contributed by atoms with Crippen molar-refractivity contribution in [2.45, 2.75) is 12.0 Å². The van der Waals surface area contributed by atoms with Crippen LogP contribution in [-0.4, -0.2) is 48.6 Å². The third-order valence-corrected chi connectivity index (χ3v) is 6.02. The molecule has 0 unspecified atom stereocenters. The molecule has 170 valence electrons. The Morgan fingerprint density at radius 1 is 0.939 bits per heavy atom. The standard InChI is InChI=1S/C26H26ClN3O3/c1-29(16-17-33-23-15-9-8-14-22(23)27)19-30-24(31)26(28-25(30)32,21-12-6-3-7-13-21)18-20-10-4-2-5-11-20/h2-15H,16-19H2,1H3,(H,28,32)/t26-/m0/s1. The summed E-state index contributed by atoms with van der Waals surface area (Å²) in [7, 11) is 1.84. The van der Waals surface area contributed by atoms with Gasteiger partial charge in [0.05, 0.1) is 11.7 Å². The molecule has 4 rings (SSSR count). The topological polar surface area (TPSA) is 61.9 Å². The molecule has 0 saturated carbocycles. The molecule has 1 fully saturated rings. The van der Waals surface area contributed by atoms with Crippen LogP contribution in [-0.2, 0) is 16.8 Å². The Bertz CT molecular complexity index is 1110. The summed E-state index contributed by atoms with van der Waals surface area (Å²) in [6.45, 7) is 1.04. The quantitative estimate of drug-likeness (QED) is 0.481. The summed E-state index contributed by atoms with van der Waals surface area (Å²) in [5.41, 5.74) is 0.590. The van der Waals surface area contributed by atoms with Gasteiger partial charge in [-0.2, -0.15) is 0 Å². The first-order valence-electron chi connectivity index (χ1n) is 10.8. The zero-order valence-corrected chi connectivity index (χ0v) is 19.2. The number of likely N-dealkylation sites (N-methyl/N-ethyl adjacent to an activating group) is 1. The van der Waals surface area contributed by atoms with Crippen molar-refractivity contribution in [3.63, 3.8) is 0 Å². The van der Waals surface area contributed by atoms with Gasteiger partial charge >= 0.3 is 6.03 Å². The molecule has 6 nitrogen and oxygen atoms in total. The molecule has 0 radical (unpaired) electrons. The Kier molecular flexibility index (Phi) is 6.96. The molecule has 0 aliphatic carbocycles. The number of halogens is 1. The molecule has 1 N–H and O–H groups in total. The highest BCUT2D eigenvalue weighted by Crippen LogP contribution is 2.33. The Morgan fingerprint density at radius 3 is 2.27 bits per heavy atom. The second kappa shape index (κ2) is 10.1. The van der Waals surface area contributed by atoms with E-state index in [2.05, 4.69) is 5.32 Å². The second-order valence-corrected chi connectivity index (χ2v) is 8.50. The first kappa shape index (κ1) is 22.8. The molecule has 3 amide bonds. The minimum Gasteiger partial charge on any atom is -0.491 e. The van der Waals surface area contributed by atoms with Gasteiger partial charge in [-0.1, -0.05) is 84.4 Å². The lowest BCUT2D eigenvalue weighted by Crippen LogP contribution is -2.47. The Labute approximate surface area is 198 Å². The number of nitrogens with zero attached hydrogens (tertiary/aromatic N) is 2. The first-order chi connectivity index (χ1) is 16.0. The second-order valence-electron chi connectivity index (χ2n) is 8.10. The van der Waals surface area contributed by atoms with Gasteiger partial charge in [-0.3, -0.25) is 9.69 Å². The number of urea groups is 1. The highest BCUT2D eigenvalue weighted by Gasteiger charge is 2.52. The summed E-state index contributed by atoms with van der Waals surface area (Å²) in [6.07, 6.45) is 0.373. The van der Waals surface area contributed by atoms with E-state index in [9.17, 15) is 9.59 Å². The third kappa shape index (κ3) is 5.02. The molecule has 1 aliphatic rings. The molecule has 1 aliphatic heterocycles. The number of carbonyl (C=O) groups excluding carboxylic acids is 2. The van der Waals surface area contributed by atoms with Gasteiger partial charge in [0, 0.05) is 13.0 Å². The van der Waals surface area contributed by atoms with Gasteiger partial charge in [-0.25, -0.2) is 9.69 Å². The van der Waals surface area contributed by atoms with Crippen molar-refractivity contribution in [2.75, 3.05) is 26.9 Å². The van der Waals surface area contributed by atoms with Crippen molar-refractivity contribution >= 4 is 23.5 Å². The lowest BCUT2D eigenvalue weighted by atomic mass is 9.83. The average molecular weight is 464 g/mol.